The lowest BCUT2D eigenvalue weighted by atomic mass is 10.1. The molecule has 0 aliphatic rings. The van der Waals surface area contributed by atoms with Gasteiger partial charge >= 0.3 is 0 Å². The van der Waals surface area contributed by atoms with E-state index in [0.717, 1.165) is 5.56 Å². The molecule has 0 atom stereocenters. The van der Waals surface area contributed by atoms with E-state index >= 15 is 0 Å². The van der Waals surface area contributed by atoms with Crippen LogP contribution in [0.15, 0.2) is 51.9 Å². The Balaban J connectivity index is 1.79. The van der Waals surface area contributed by atoms with E-state index in [1.165, 1.54) is 14.0 Å². The first kappa shape index (κ1) is 22.5. The molecule has 0 radical (unpaired) electrons. The van der Waals surface area contributed by atoms with Crippen LogP contribution < -0.4 is 14.8 Å². The minimum absolute atomic E-state index is 0.00943. The van der Waals surface area contributed by atoms with Crippen molar-refractivity contribution in [1.29, 1.82) is 0 Å². The van der Waals surface area contributed by atoms with Crippen molar-refractivity contribution in [2.75, 3.05) is 23.8 Å². The van der Waals surface area contributed by atoms with E-state index in [1.807, 2.05) is 12.1 Å². The van der Waals surface area contributed by atoms with E-state index in [1.54, 1.807) is 37.3 Å². The van der Waals surface area contributed by atoms with Gasteiger partial charge in [-0.1, -0.05) is 23.4 Å². The van der Waals surface area contributed by atoms with E-state index in [9.17, 15) is 13.5 Å². The molecule has 4 rings (SSSR count). The molecule has 4 aromatic rings. The van der Waals surface area contributed by atoms with Gasteiger partial charge in [0.1, 0.15) is 11.4 Å². The van der Waals surface area contributed by atoms with Crippen molar-refractivity contribution in [3.8, 4) is 5.75 Å². The summed E-state index contributed by atoms with van der Waals surface area (Å²) in [7, 11) is -2.53. The number of benzene rings is 2. The van der Waals surface area contributed by atoms with E-state index < -0.39 is 10.0 Å². The Bertz CT molecular complexity index is 1400. The first-order chi connectivity index (χ1) is 15.8. The molecule has 33 heavy (non-hydrogen) atoms. The fraction of sp³-hybridized carbons (Fsp3) is 0.227. The first-order valence-electron chi connectivity index (χ1n) is 10.1. The number of hydrogen-bond donors (Lipinski definition) is 3. The van der Waals surface area contributed by atoms with Crippen LogP contribution in [0.3, 0.4) is 0 Å². The number of ether oxygens (including phenoxy) is 1. The molecular formula is C22H23N5O5S. The Morgan fingerprint density at radius 1 is 1.06 bits per heavy atom. The van der Waals surface area contributed by atoms with Crippen LogP contribution in [0.1, 0.15) is 17.0 Å². The number of anilines is 3. The molecular weight excluding hydrogens is 446 g/mol. The Hall–Kier alpha value is -3.70. The second-order valence-electron chi connectivity index (χ2n) is 7.30. The zero-order valence-corrected chi connectivity index (χ0v) is 19.1. The van der Waals surface area contributed by atoms with E-state index in [4.69, 9.17) is 9.26 Å². The first-order valence-corrected chi connectivity index (χ1v) is 11.6. The lowest BCUT2D eigenvalue weighted by Crippen LogP contribution is -2.17. The van der Waals surface area contributed by atoms with Gasteiger partial charge in [0.15, 0.2) is 22.3 Å². The molecule has 2 aromatic heterocycles. The van der Waals surface area contributed by atoms with Crippen LogP contribution in [-0.2, 0) is 16.4 Å². The van der Waals surface area contributed by atoms with Gasteiger partial charge in [-0.3, -0.25) is 4.72 Å². The van der Waals surface area contributed by atoms with Gasteiger partial charge in [0.05, 0.1) is 23.8 Å². The second kappa shape index (κ2) is 9.04. The molecule has 0 fully saturated rings. The number of aryl methyl sites for hydroxylation is 2. The maximum Gasteiger partial charge on any atom is 0.268 e. The molecule has 0 aliphatic carbocycles. The smallest absolute Gasteiger partial charge is 0.268 e. The second-order valence-corrected chi connectivity index (χ2v) is 8.92. The van der Waals surface area contributed by atoms with Crippen LogP contribution in [0, 0.1) is 13.8 Å². The van der Waals surface area contributed by atoms with Crippen LogP contribution in [0.4, 0.5) is 17.3 Å². The number of aliphatic hydroxyl groups excluding tert-OH is 1. The summed E-state index contributed by atoms with van der Waals surface area (Å²) in [6.45, 7) is 3.09. The minimum atomic E-state index is -4.05. The maximum absolute atomic E-state index is 13.1. The standard InChI is InChI=1S/C22H23N5O5S/c1-13-20(14(2)32-26-13)33(29,30)27-22-21(23-16-6-4-5-7-17(16)24-22)25-18-9-8-15(10-11-28)12-19(18)31-3/h4-9,12,28H,10-11H2,1-3H3,(H,23,25)(H,24,27). The maximum atomic E-state index is 13.1. The summed E-state index contributed by atoms with van der Waals surface area (Å²) in [6.07, 6.45) is 0.481. The van der Waals surface area contributed by atoms with Crippen LogP contribution in [0.5, 0.6) is 5.75 Å². The molecule has 2 aromatic carbocycles. The van der Waals surface area contributed by atoms with E-state index in [2.05, 4.69) is 25.2 Å². The Labute approximate surface area is 190 Å². The normalized spacial score (nSPS) is 11.5. The molecule has 3 N–H and O–H groups in total. The van der Waals surface area contributed by atoms with Gasteiger partial charge in [-0.25, -0.2) is 18.4 Å². The van der Waals surface area contributed by atoms with E-state index in [-0.39, 0.29) is 34.6 Å². The fourth-order valence-electron chi connectivity index (χ4n) is 3.45. The number of para-hydroxylation sites is 2. The number of fused-ring (bicyclic) bond motifs is 1. The molecule has 0 saturated carbocycles. The van der Waals surface area contributed by atoms with Gasteiger partial charge in [-0.05, 0) is 50.1 Å². The zero-order chi connectivity index (χ0) is 23.6. The summed E-state index contributed by atoms with van der Waals surface area (Å²) in [4.78, 5) is 9.02. The summed E-state index contributed by atoms with van der Waals surface area (Å²) < 4.78 is 39.3. The molecule has 0 bridgehead atoms. The number of aromatic nitrogens is 3. The van der Waals surface area contributed by atoms with Crippen molar-refractivity contribution in [1.82, 2.24) is 15.1 Å². The van der Waals surface area contributed by atoms with E-state index in [0.29, 0.717) is 28.9 Å². The van der Waals surface area contributed by atoms with Crippen LogP contribution in [0.25, 0.3) is 11.0 Å². The predicted octanol–water partition coefficient (Wildman–Crippen LogP) is 3.32. The average molecular weight is 470 g/mol. The third kappa shape index (κ3) is 4.59. The number of hydrogen-bond acceptors (Lipinski definition) is 9. The predicted molar refractivity (Wildman–Crippen MR) is 123 cm³/mol. The van der Waals surface area contributed by atoms with Gasteiger partial charge in [-0.15, -0.1) is 0 Å². The molecule has 0 unspecified atom stereocenters. The van der Waals surface area contributed by atoms with Gasteiger partial charge < -0.3 is 19.7 Å². The lowest BCUT2D eigenvalue weighted by Gasteiger charge is -2.16. The summed E-state index contributed by atoms with van der Waals surface area (Å²) in [5.41, 5.74) is 2.79. The topological polar surface area (TPSA) is 139 Å². The van der Waals surface area contributed by atoms with Crippen molar-refractivity contribution in [3.63, 3.8) is 0 Å². The quantitative estimate of drug-likeness (QED) is 0.354. The highest BCUT2D eigenvalue weighted by atomic mass is 32.2. The van der Waals surface area contributed by atoms with Crippen molar-refractivity contribution >= 4 is 38.4 Å². The van der Waals surface area contributed by atoms with Crippen LogP contribution >= 0.6 is 0 Å². The third-order valence-electron chi connectivity index (χ3n) is 4.96. The van der Waals surface area contributed by atoms with Crippen LogP contribution in [-0.4, -0.2) is 42.4 Å². The Morgan fingerprint density at radius 3 is 2.36 bits per heavy atom. The summed E-state index contributed by atoms with van der Waals surface area (Å²) in [5.74, 6) is 0.882. The Morgan fingerprint density at radius 2 is 1.76 bits per heavy atom. The minimum Gasteiger partial charge on any atom is -0.495 e. The highest BCUT2D eigenvalue weighted by Crippen LogP contribution is 2.33. The molecule has 10 nitrogen and oxygen atoms in total. The molecule has 172 valence electrons. The molecule has 11 heteroatoms. The average Bonchev–Trinajstić information content (AvgIpc) is 3.13. The molecule has 2 heterocycles. The zero-order valence-electron chi connectivity index (χ0n) is 18.3. The Kier molecular flexibility index (Phi) is 6.16. The highest BCUT2D eigenvalue weighted by molar-refractivity contribution is 7.92. The number of nitrogens with zero attached hydrogens (tertiary/aromatic N) is 3. The SMILES string of the molecule is COc1cc(CCO)ccc1Nc1nc2ccccc2nc1NS(=O)(=O)c1c(C)noc1C. The number of aliphatic hydroxyl groups is 1. The molecule has 0 aliphatic heterocycles. The fourth-order valence-corrected chi connectivity index (χ4v) is 4.79. The molecule has 0 amide bonds. The van der Waals surface area contributed by atoms with Crippen molar-refractivity contribution in [2.45, 2.75) is 25.2 Å². The highest BCUT2D eigenvalue weighted by Gasteiger charge is 2.26. The molecule has 0 saturated heterocycles. The van der Waals surface area contributed by atoms with Crippen molar-refractivity contribution < 1.29 is 22.8 Å². The van der Waals surface area contributed by atoms with Gasteiger partial charge in [0.2, 0.25) is 0 Å². The lowest BCUT2D eigenvalue weighted by molar-refractivity contribution is 0.299. The summed E-state index contributed by atoms with van der Waals surface area (Å²) in [5, 5.41) is 16.1. The van der Waals surface area contributed by atoms with Crippen molar-refractivity contribution in [3.05, 3.63) is 59.5 Å². The van der Waals surface area contributed by atoms with Crippen LogP contribution in [0.2, 0.25) is 0 Å². The summed E-state index contributed by atoms with van der Waals surface area (Å²) in [6, 6.07) is 12.5. The van der Waals surface area contributed by atoms with Gasteiger partial charge in [0.25, 0.3) is 10.0 Å². The monoisotopic (exact) mass is 469 g/mol. The van der Waals surface area contributed by atoms with Crippen molar-refractivity contribution in [2.24, 2.45) is 0 Å². The number of nitrogens with one attached hydrogen (secondary N) is 2. The number of sulfonamides is 1. The van der Waals surface area contributed by atoms with Gasteiger partial charge in [0, 0.05) is 6.61 Å². The third-order valence-corrected chi connectivity index (χ3v) is 6.54. The number of rotatable bonds is 8. The largest absolute Gasteiger partial charge is 0.495 e. The van der Waals surface area contributed by atoms with Gasteiger partial charge in [-0.2, -0.15) is 0 Å². The molecule has 0 spiro atoms. The summed E-state index contributed by atoms with van der Waals surface area (Å²) >= 11 is 0. The number of methoxy groups -OCH3 is 1.